The van der Waals surface area contributed by atoms with Crippen molar-refractivity contribution in [2.24, 2.45) is 5.73 Å². The number of hydrogen-bond donors (Lipinski definition) is 3. The van der Waals surface area contributed by atoms with Gasteiger partial charge in [0.1, 0.15) is 5.76 Å². The van der Waals surface area contributed by atoms with Gasteiger partial charge < -0.3 is 15.9 Å². The average molecular weight is 231 g/mol. The summed E-state index contributed by atoms with van der Waals surface area (Å²) in [5.74, 6) is -1.54. The van der Waals surface area contributed by atoms with Crippen molar-refractivity contribution >= 4 is 11.5 Å². The van der Waals surface area contributed by atoms with E-state index in [1.165, 1.54) is 6.08 Å². The van der Waals surface area contributed by atoms with Crippen molar-refractivity contribution in [3.63, 3.8) is 0 Å². The van der Waals surface area contributed by atoms with Gasteiger partial charge in [0.2, 0.25) is 0 Å². The van der Waals surface area contributed by atoms with Gasteiger partial charge in [-0.2, -0.15) is 0 Å². The monoisotopic (exact) mass is 231 g/mol. The lowest BCUT2D eigenvalue weighted by molar-refractivity contribution is -0.142. The summed E-state index contributed by atoms with van der Waals surface area (Å²) in [6.45, 7) is 0. The average Bonchev–Trinajstić information content (AvgIpc) is 2.33. The van der Waals surface area contributed by atoms with Gasteiger partial charge in [-0.25, -0.2) is 4.79 Å². The second-order valence-electron chi connectivity index (χ2n) is 4.06. The van der Waals surface area contributed by atoms with Gasteiger partial charge in [0.25, 0.3) is 0 Å². The van der Waals surface area contributed by atoms with Crippen LogP contribution < -0.4 is 5.73 Å². The number of allylic oxidation sites excluding steroid dienone is 2. The topological polar surface area (TPSA) is 83.6 Å². The van der Waals surface area contributed by atoms with Gasteiger partial charge >= 0.3 is 5.97 Å². The summed E-state index contributed by atoms with van der Waals surface area (Å²) in [6.07, 6.45) is 3.12. The summed E-state index contributed by atoms with van der Waals surface area (Å²) in [6, 6.07) is 9.38. The van der Waals surface area contributed by atoms with Crippen molar-refractivity contribution < 1.29 is 15.0 Å². The molecule has 2 rings (SSSR count). The van der Waals surface area contributed by atoms with E-state index in [1.807, 2.05) is 30.3 Å². The zero-order valence-electron chi connectivity index (χ0n) is 9.13. The molecule has 1 unspecified atom stereocenters. The molecule has 0 fully saturated rings. The van der Waals surface area contributed by atoms with E-state index in [4.69, 9.17) is 10.8 Å². The largest absolute Gasteiger partial charge is 0.510 e. The van der Waals surface area contributed by atoms with Gasteiger partial charge in [0.05, 0.1) is 0 Å². The number of aliphatic carboxylic acids is 1. The minimum absolute atomic E-state index is 0.0781. The Kier molecular flexibility index (Phi) is 2.73. The first-order valence-corrected chi connectivity index (χ1v) is 5.22. The molecule has 4 N–H and O–H groups in total. The van der Waals surface area contributed by atoms with Crippen molar-refractivity contribution in [2.75, 3.05) is 0 Å². The van der Waals surface area contributed by atoms with Gasteiger partial charge in [-0.3, -0.25) is 0 Å². The zero-order valence-corrected chi connectivity index (χ0v) is 9.13. The van der Waals surface area contributed by atoms with Crippen LogP contribution in [0, 0.1) is 0 Å². The molecule has 0 spiro atoms. The van der Waals surface area contributed by atoms with Crippen LogP contribution in [0.15, 0.2) is 48.2 Å². The number of rotatable bonds is 2. The highest BCUT2D eigenvalue weighted by molar-refractivity contribution is 5.87. The second kappa shape index (κ2) is 4.07. The van der Waals surface area contributed by atoms with Crippen molar-refractivity contribution in [1.82, 2.24) is 0 Å². The maximum atomic E-state index is 11.1. The number of carbonyl (C=O) groups is 1. The number of carboxylic acid groups (broad SMARTS) is 1. The lowest BCUT2D eigenvalue weighted by Crippen LogP contribution is -2.50. The van der Waals surface area contributed by atoms with Crippen LogP contribution >= 0.6 is 0 Å². The number of benzene rings is 1. The lowest BCUT2D eigenvalue weighted by atomic mass is 9.83. The van der Waals surface area contributed by atoms with E-state index >= 15 is 0 Å². The Morgan fingerprint density at radius 2 is 1.88 bits per heavy atom. The van der Waals surface area contributed by atoms with Crippen LogP contribution in [0.25, 0.3) is 5.57 Å². The van der Waals surface area contributed by atoms with Gasteiger partial charge in [-0.05, 0) is 17.2 Å². The molecule has 0 amide bonds. The van der Waals surface area contributed by atoms with E-state index in [1.54, 1.807) is 6.08 Å². The first-order valence-electron chi connectivity index (χ1n) is 5.22. The summed E-state index contributed by atoms with van der Waals surface area (Å²) >= 11 is 0. The van der Waals surface area contributed by atoms with Gasteiger partial charge in [0.15, 0.2) is 5.54 Å². The molecule has 4 nitrogen and oxygen atoms in total. The second-order valence-corrected chi connectivity index (χ2v) is 4.06. The number of carboxylic acids is 1. The number of nitrogens with two attached hydrogens (primary N) is 1. The van der Waals surface area contributed by atoms with Crippen LogP contribution in [-0.2, 0) is 4.79 Å². The highest BCUT2D eigenvalue weighted by Gasteiger charge is 2.41. The lowest BCUT2D eigenvalue weighted by Gasteiger charge is -2.28. The Morgan fingerprint density at radius 1 is 1.24 bits per heavy atom. The molecule has 0 radical (unpaired) electrons. The molecule has 17 heavy (non-hydrogen) atoms. The smallest absolute Gasteiger partial charge is 0.331 e. The Hall–Kier alpha value is -2.07. The van der Waals surface area contributed by atoms with E-state index < -0.39 is 11.5 Å². The molecule has 0 saturated carbocycles. The summed E-state index contributed by atoms with van der Waals surface area (Å²) in [4.78, 5) is 11.1. The normalized spacial score (nSPS) is 23.8. The molecule has 1 aliphatic carbocycles. The molecule has 4 heteroatoms. The van der Waals surface area contributed by atoms with Crippen LogP contribution in [-0.4, -0.2) is 21.7 Å². The van der Waals surface area contributed by atoms with Crippen LogP contribution in [0.1, 0.15) is 12.0 Å². The molecular formula is C13H13NO3. The minimum Gasteiger partial charge on any atom is -0.510 e. The first kappa shape index (κ1) is 11.4. The molecular weight excluding hydrogens is 218 g/mol. The SMILES string of the molecule is NC1(C(=O)O)CC(c2ccccc2)=CC=C1O. The molecule has 1 aromatic rings. The Bertz CT molecular complexity index is 505. The maximum absolute atomic E-state index is 11.1. The van der Waals surface area contributed by atoms with Crippen LogP contribution in [0.2, 0.25) is 0 Å². The Balaban J connectivity index is 2.39. The Morgan fingerprint density at radius 3 is 2.47 bits per heavy atom. The van der Waals surface area contributed by atoms with E-state index in [0.717, 1.165) is 11.1 Å². The number of aliphatic hydroxyl groups is 1. The van der Waals surface area contributed by atoms with E-state index in [-0.39, 0.29) is 12.2 Å². The number of aliphatic hydroxyl groups excluding tert-OH is 1. The number of hydrogen-bond acceptors (Lipinski definition) is 3. The van der Waals surface area contributed by atoms with Crippen molar-refractivity contribution in [1.29, 1.82) is 0 Å². The van der Waals surface area contributed by atoms with Crippen molar-refractivity contribution in [3.8, 4) is 0 Å². The first-order chi connectivity index (χ1) is 8.04. The molecule has 0 aliphatic heterocycles. The van der Waals surface area contributed by atoms with Crippen LogP contribution in [0.4, 0.5) is 0 Å². The molecule has 0 bridgehead atoms. The summed E-state index contributed by atoms with van der Waals surface area (Å²) in [5, 5.41) is 18.7. The highest BCUT2D eigenvalue weighted by atomic mass is 16.4. The predicted molar refractivity (Wildman–Crippen MR) is 64.3 cm³/mol. The van der Waals surface area contributed by atoms with E-state index in [9.17, 15) is 9.90 Å². The van der Waals surface area contributed by atoms with Crippen LogP contribution in [0.5, 0.6) is 0 Å². The molecule has 0 saturated heterocycles. The summed E-state index contributed by atoms with van der Waals surface area (Å²) in [5.41, 5.74) is 5.70. The van der Waals surface area contributed by atoms with Crippen LogP contribution in [0.3, 0.4) is 0 Å². The third-order valence-corrected chi connectivity index (χ3v) is 2.89. The van der Waals surface area contributed by atoms with Gasteiger partial charge in [-0.1, -0.05) is 36.4 Å². The molecule has 0 aromatic heterocycles. The van der Waals surface area contributed by atoms with Gasteiger partial charge in [0, 0.05) is 6.42 Å². The maximum Gasteiger partial charge on any atom is 0.331 e. The fourth-order valence-electron chi connectivity index (χ4n) is 1.81. The quantitative estimate of drug-likeness (QED) is 0.723. The predicted octanol–water partition coefficient (Wildman–Crippen LogP) is 1.70. The summed E-state index contributed by atoms with van der Waals surface area (Å²) in [7, 11) is 0. The standard InChI is InChI=1S/C13H13NO3/c14-13(12(16)17)8-10(6-7-11(13)15)9-4-2-1-3-5-9/h1-7,15H,8,14H2,(H,16,17). The van der Waals surface area contributed by atoms with Gasteiger partial charge in [-0.15, -0.1) is 0 Å². The fourth-order valence-corrected chi connectivity index (χ4v) is 1.81. The molecule has 1 aliphatic rings. The molecule has 1 atom stereocenters. The van der Waals surface area contributed by atoms with E-state index in [2.05, 4.69) is 0 Å². The fraction of sp³-hybridized carbons (Fsp3) is 0.154. The third-order valence-electron chi connectivity index (χ3n) is 2.89. The third kappa shape index (κ3) is 1.94. The summed E-state index contributed by atoms with van der Waals surface area (Å²) < 4.78 is 0. The Labute approximate surface area is 98.7 Å². The molecule has 1 aromatic carbocycles. The molecule has 88 valence electrons. The van der Waals surface area contributed by atoms with Crippen molar-refractivity contribution in [2.45, 2.75) is 12.0 Å². The highest BCUT2D eigenvalue weighted by Crippen LogP contribution is 2.31. The zero-order chi connectivity index (χ0) is 12.5. The van der Waals surface area contributed by atoms with Crippen molar-refractivity contribution in [3.05, 3.63) is 53.8 Å². The van der Waals surface area contributed by atoms with E-state index in [0.29, 0.717) is 0 Å². The minimum atomic E-state index is -1.72. The molecule has 0 heterocycles.